The van der Waals surface area contributed by atoms with E-state index < -0.39 is 22.0 Å². The summed E-state index contributed by atoms with van der Waals surface area (Å²) in [5.74, 6) is -0.921. The van der Waals surface area contributed by atoms with Crippen LogP contribution in [0.4, 0.5) is 5.69 Å². The standard InChI is InChI=1S/C17H17ClN2O4S/c1-20-14-5-3-2-4-12(14)17(19-9-8-16(21)22)13-7-6-11(18)10-15(13)25(20,23)24/h2-7,10,17,19H,8-9H2,1H3,(H,21,22). The summed E-state index contributed by atoms with van der Waals surface area (Å²) in [6.45, 7) is 0.208. The first kappa shape index (κ1) is 17.7. The van der Waals surface area contributed by atoms with Crippen molar-refractivity contribution in [1.82, 2.24) is 5.32 Å². The number of carbonyl (C=O) groups is 1. The van der Waals surface area contributed by atoms with Gasteiger partial charge in [-0.05, 0) is 29.3 Å². The number of nitrogens with one attached hydrogen (secondary N) is 1. The number of benzene rings is 2. The average Bonchev–Trinajstić information content (AvgIpc) is 2.63. The highest BCUT2D eigenvalue weighted by molar-refractivity contribution is 7.92. The van der Waals surface area contributed by atoms with E-state index in [1.54, 1.807) is 24.3 Å². The van der Waals surface area contributed by atoms with Gasteiger partial charge < -0.3 is 10.4 Å². The summed E-state index contributed by atoms with van der Waals surface area (Å²) in [6, 6.07) is 11.4. The Kier molecular flexibility index (Phi) is 4.73. The van der Waals surface area contributed by atoms with Crippen molar-refractivity contribution in [2.45, 2.75) is 17.4 Å². The molecule has 132 valence electrons. The van der Waals surface area contributed by atoms with Crippen molar-refractivity contribution in [1.29, 1.82) is 0 Å². The molecular weight excluding hydrogens is 364 g/mol. The quantitative estimate of drug-likeness (QED) is 0.851. The van der Waals surface area contributed by atoms with Gasteiger partial charge in [0.25, 0.3) is 10.0 Å². The van der Waals surface area contributed by atoms with E-state index in [1.807, 2.05) is 12.1 Å². The van der Waals surface area contributed by atoms with Crippen molar-refractivity contribution in [2.75, 3.05) is 17.9 Å². The summed E-state index contributed by atoms with van der Waals surface area (Å²) in [7, 11) is -2.28. The van der Waals surface area contributed by atoms with Gasteiger partial charge in [-0.25, -0.2) is 8.42 Å². The topological polar surface area (TPSA) is 86.7 Å². The maximum absolute atomic E-state index is 13.0. The molecular formula is C17H17ClN2O4S. The summed E-state index contributed by atoms with van der Waals surface area (Å²) in [5, 5.41) is 12.4. The van der Waals surface area contributed by atoms with Gasteiger partial charge in [0, 0.05) is 18.6 Å². The number of para-hydroxylation sites is 1. The highest BCUT2D eigenvalue weighted by atomic mass is 35.5. The summed E-state index contributed by atoms with van der Waals surface area (Å²) in [4.78, 5) is 11.0. The molecule has 2 N–H and O–H groups in total. The predicted octanol–water partition coefficient (Wildman–Crippen LogP) is 2.63. The minimum absolute atomic E-state index is 0.0653. The first-order chi connectivity index (χ1) is 11.8. The SMILES string of the molecule is CN1c2ccccc2C(NCCC(=O)O)c2ccc(Cl)cc2S1(=O)=O. The van der Waals surface area contributed by atoms with Gasteiger partial charge in [0.2, 0.25) is 0 Å². The molecule has 0 fully saturated rings. The Labute approximate surface area is 151 Å². The minimum atomic E-state index is -3.77. The third-order valence-electron chi connectivity index (χ3n) is 4.20. The number of hydrogen-bond donors (Lipinski definition) is 2. The van der Waals surface area contributed by atoms with Crippen molar-refractivity contribution in [2.24, 2.45) is 0 Å². The summed E-state index contributed by atoms with van der Waals surface area (Å²) in [5.41, 5.74) is 1.86. The molecule has 3 rings (SSSR count). The van der Waals surface area contributed by atoms with E-state index in [0.29, 0.717) is 16.3 Å². The Bertz CT molecular complexity index is 930. The van der Waals surface area contributed by atoms with Crippen LogP contribution in [-0.4, -0.2) is 33.1 Å². The third kappa shape index (κ3) is 3.22. The smallest absolute Gasteiger partial charge is 0.304 e. The molecule has 1 heterocycles. The van der Waals surface area contributed by atoms with Crippen LogP contribution in [0.15, 0.2) is 47.4 Å². The first-order valence-corrected chi connectivity index (χ1v) is 9.46. The lowest BCUT2D eigenvalue weighted by atomic mass is 9.97. The molecule has 0 saturated heterocycles. The first-order valence-electron chi connectivity index (χ1n) is 7.65. The normalized spacial score (nSPS) is 18.2. The average molecular weight is 381 g/mol. The molecule has 0 saturated carbocycles. The maximum atomic E-state index is 13.0. The van der Waals surface area contributed by atoms with Gasteiger partial charge in [-0.15, -0.1) is 0 Å². The number of carboxylic acid groups (broad SMARTS) is 1. The Hall–Kier alpha value is -2.09. The lowest BCUT2D eigenvalue weighted by molar-refractivity contribution is -0.136. The minimum Gasteiger partial charge on any atom is -0.481 e. The van der Waals surface area contributed by atoms with E-state index in [-0.39, 0.29) is 17.9 Å². The summed E-state index contributed by atoms with van der Waals surface area (Å²) >= 11 is 6.03. The molecule has 0 spiro atoms. The highest BCUT2D eigenvalue weighted by Gasteiger charge is 2.34. The molecule has 25 heavy (non-hydrogen) atoms. The molecule has 0 aromatic heterocycles. The van der Waals surface area contributed by atoms with E-state index in [2.05, 4.69) is 5.32 Å². The number of hydrogen-bond acceptors (Lipinski definition) is 4. The molecule has 2 aromatic rings. The Morgan fingerprint density at radius 1 is 1.24 bits per heavy atom. The zero-order valence-electron chi connectivity index (χ0n) is 13.4. The molecule has 8 heteroatoms. The maximum Gasteiger partial charge on any atom is 0.304 e. The van der Waals surface area contributed by atoms with E-state index in [9.17, 15) is 13.2 Å². The summed E-state index contributed by atoms with van der Waals surface area (Å²) < 4.78 is 27.3. The second-order valence-corrected chi connectivity index (χ2v) is 8.12. The van der Waals surface area contributed by atoms with Gasteiger partial charge in [0.15, 0.2) is 0 Å². The predicted molar refractivity (Wildman–Crippen MR) is 95.6 cm³/mol. The number of nitrogens with zero attached hydrogens (tertiary/aromatic N) is 1. The van der Waals surface area contributed by atoms with E-state index in [4.69, 9.17) is 16.7 Å². The molecule has 1 atom stereocenters. The highest BCUT2D eigenvalue weighted by Crippen LogP contribution is 2.40. The van der Waals surface area contributed by atoms with Crippen LogP contribution in [0.5, 0.6) is 0 Å². The number of aliphatic carboxylic acids is 1. The molecule has 1 unspecified atom stereocenters. The van der Waals surface area contributed by atoms with Gasteiger partial charge in [-0.2, -0.15) is 0 Å². The van der Waals surface area contributed by atoms with Gasteiger partial charge in [-0.3, -0.25) is 9.10 Å². The van der Waals surface area contributed by atoms with Crippen LogP contribution >= 0.6 is 11.6 Å². The lowest BCUT2D eigenvalue weighted by Gasteiger charge is -2.21. The molecule has 1 aliphatic rings. The van der Waals surface area contributed by atoms with Crippen molar-refractivity contribution in [3.63, 3.8) is 0 Å². The fourth-order valence-electron chi connectivity index (χ4n) is 2.98. The zero-order chi connectivity index (χ0) is 18.2. The molecule has 1 aliphatic heterocycles. The third-order valence-corrected chi connectivity index (χ3v) is 6.26. The van der Waals surface area contributed by atoms with Crippen molar-refractivity contribution in [3.8, 4) is 0 Å². The fraction of sp³-hybridized carbons (Fsp3) is 0.235. The second kappa shape index (κ2) is 6.67. The molecule has 0 bridgehead atoms. The Morgan fingerprint density at radius 3 is 2.68 bits per heavy atom. The van der Waals surface area contributed by atoms with Crippen LogP contribution < -0.4 is 9.62 Å². The molecule has 6 nitrogen and oxygen atoms in total. The summed E-state index contributed by atoms with van der Waals surface area (Å²) in [6.07, 6.45) is -0.0653. The largest absolute Gasteiger partial charge is 0.481 e. The van der Waals surface area contributed by atoms with Crippen LogP contribution in [0.3, 0.4) is 0 Å². The number of sulfonamides is 1. The van der Waals surface area contributed by atoms with Gasteiger partial charge in [0.05, 0.1) is 23.0 Å². The van der Waals surface area contributed by atoms with E-state index >= 15 is 0 Å². The van der Waals surface area contributed by atoms with E-state index in [0.717, 1.165) is 5.56 Å². The van der Waals surface area contributed by atoms with Crippen LogP contribution in [0, 0.1) is 0 Å². The van der Waals surface area contributed by atoms with Crippen molar-refractivity contribution >= 4 is 33.3 Å². The van der Waals surface area contributed by atoms with Crippen molar-refractivity contribution in [3.05, 3.63) is 58.6 Å². The van der Waals surface area contributed by atoms with Gasteiger partial charge >= 0.3 is 5.97 Å². The number of fused-ring (bicyclic) bond motifs is 2. The lowest BCUT2D eigenvalue weighted by Crippen LogP contribution is -2.26. The van der Waals surface area contributed by atoms with Gasteiger partial charge in [-0.1, -0.05) is 35.9 Å². The molecule has 0 amide bonds. The molecule has 0 aliphatic carbocycles. The van der Waals surface area contributed by atoms with E-state index in [1.165, 1.54) is 17.4 Å². The Balaban J connectivity index is 2.20. The van der Waals surface area contributed by atoms with Crippen LogP contribution in [0.1, 0.15) is 23.6 Å². The van der Waals surface area contributed by atoms with Gasteiger partial charge in [0.1, 0.15) is 0 Å². The van der Waals surface area contributed by atoms with Crippen LogP contribution in [0.2, 0.25) is 5.02 Å². The van der Waals surface area contributed by atoms with Crippen LogP contribution in [-0.2, 0) is 14.8 Å². The van der Waals surface area contributed by atoms with Crippen LogP contribution in [0.25, 0.3) is 0 Å². The van der Waals surface area contributed by atoms with Crippen molar-refractivity contribution < 1.29 is 18.3 Å². The zero-order valence-corrected chi connectivity index (χ0v) is 15.0. The number of halogens is 1. The second-order valence-electron chi connectivity index (χ2n) is 5.74. The fourth-order valence-corrected chi connectivity index (χ4v) is 4.69. The number of carboxylic acids is 1. The molecule has 2 aromatic carbocycles. The molecule has 0 radical (unpaired) electrons. The number of anilines is 1. The number of rotatable bonds is 4. The monoisotopic (exact) mass is 380 g/mol. The Morgan fingerprint density at radius 2 is 1.96 bits per heavy atom.